The second kappa shape index (κ2) is 11.9. The minimum Gasteiger partial charge on any atom is -0.311 e. The molecule has 0 aliphatic heterocycles. The van der Waals surface area contributed by atoms with Crippen molar-refractivity contribution >= 4 is 7.82 Å². The van der Waals surface area contributed by atoms with Gasteiger partial charge in [0, 0.05) is 0 Å². The molecule has 1 unspecified atom stereocenters. The van der Waals surface area contributed by atoms with E-state index in [0.717, 1.165) is 25.7 Å². The molecule has 0 spiro atoms. The van der Waals surface area contributed by atoms with Gasteiger partial charge < -0.3 is 4.84 Å². The van der Waals surface area contributed by atoms with Crippen molar-refractivity contribution in [3.63, 3.8) is 0 Å². The van der Waals surface area contributed by atoms with E-state index in [-0.39, 0.29) is 13.0 Å². The molecule has 0 saturated carbocycles. The SMILES string of the molecule is CCCCOP(=O)(OCCCC)OCCC(C)O[N+](=O)[O-]. The van der Waals surface area contributed by atoms with Gasteiger partial charge in [-0.25, -0.2) is 4.57 Å². The van der Waals surface area contributed by atoms with E-state index in [4.69, 9.17) is 13.6 Å². The minimum absolute atomic E-state index is 0.00450. The van der Waals surface area contributed by atoms with Gasteiger partial charge in [-0.3, -0.25) is 13.6 Å². The highest BCUT2D eigenvalue weighted by Gasteiger charge is 2.26. The van der Waals surface area contributed by atoms with Crippen LogP contribution in [-0.2, 0) is 23.0 Å². The molecule has 0 aromatic heterocycles. The van der Waals surface area contributed by atoms with Gasteiger partial charge in [-0.15, -0.1) is 10.1 Å². The molecular weight excluding hydrogens is 301 g/mol. The van der Waals surface area contributed by atoms with E-state index in [1.807, 2.05) is 13.8 Å². The summed E-state index contributed by atoms with van der Waals surface area (Å²) >= 11 is 0. The van der Waals surface area contributed by atoms with Gasteiger partial charge in [0.15, 0.2) is 0 Å². The molecule has 0 fully saturated rings. The lowest BCUT2D eigenvalue weighted by molar-refractivity contribution is -0.767. The predicted octanol–water partition coefficient (Wildman–Crippen LogP) is 3.73. The van der Waals surface area contributed by atoms with Crippen molar-refractivity contribution in [3.05, 3.63) is 10.1 Å². The number of rotatable bonds is 14. The van der Waals surface area contributed by atoms with E-state index in [9.17, 15) is 14.7 Å². The lowest BCUT2D eigenvalue weighted by Crippen LogP contribution is -2.15. The zero-order valence-electron chi connectivity index (χ0n) is 13.0. The van der Waals surface area contributed by atoms with Crippen molar-refractivity contribution in [3.8, 4) is 0 Å². The summed E-state index contributed by atoms with van der Waals surface area (Å²) < 4.78 is 27.9. The molecular formula is C12H26NO7P. The third-order valence-electron chi connectivity index (χ3n) is 2.53. The lowest BCUT2D eigenvalue weighted by atomic mass is 10.3. The Morgan fingerprint density at radius 3 is 1.95 bits per heavy atom. The first-order chi connectivity index (χ1) is 9.93. The molecule has 8 nitrogen and oxygen atoms in total. The lowest BCUT2D eigenvalue weighted by Gasteiger charge is -2.18. The molecule has 0 N–H and O–H groups in total. The van der Waals surface area contributed by atoms with Crippen molar-refractivity contribution in [2.75, 3.05) is 19.8 Å². The van der Waals surface area contributed by atoms with Gasteiger partial charge >= 0.3 is 7.82 Å². The van der Waals surface area contributed by atoms with Crippen LogP contribution in [0.15, 0.2) is 0 Å². The highest BCUT2D eigenvalue weighted by molar-refractivity contribution is 7.48. The van der Waals surface area contributed by atoms with E-state index in [1.165, 1.54) is 6.92 Å². The fourth-order valence-electron chi connectivity index (χ4n) is 1.28. The highest BCUT2D eigenvalue weighted by atomic mass is 31.2. The van der Waals surface area contributed by atoms with Crippen molar-refractivity contribution < 1.29 is 28.1 Å². The monoisotopic (exact) mass is 327 g/mol. The molecule has 0 heterocycles. The zero-order valence-corrected chi connectivity index (χ0v) is 13.9. The molecule has 0 rings (SSSR count). The summed E-state index contributed by atoms with van der Waals surface area (Å²) in [6.07, 6.45) is 2.90. The average Bonchev–Trinajstić information content (AvgIpc) is 2.38. The number of nitrogens with zero attached hydrogens (tertiary/aromatic N) is 1. The van der Waals surface area contributed by atoms with Crippen molar-refractivity contribution in [2.24, 2.45) is 0 Å². The van der Waals surface area contributed by atoms with Crippen LogP contribution >= 0.6 is 7.82 Å². The predicted molar refractivity (Wildman–Crippen MR) is 77.4 cm³/mol. The Morgan fingerprint density at radius 1 is 1.05 bits per heavy atom. The summed E-state index contributed by atoms with van der Waals surface area (Å²) in [4.78, 5) is 14.5. The molecule has 0 aliphatic carbocycles. The van der Waals surface area contributed by atoms with Crippen LogP contribution < -0.4 is 0 Å². The number of hydrogen-bond acceptors (Lipinski definition) is 7. The topological polar surface area (TPSA) is 97.1 Å². The fraction of sp³-hybridized carbons (Fsp3) is 1.00. The summed E-state index contributed by atoms with van der Waals surface area (Å²) in [5.74, 6) is 0. The van der Waals surface area contributed by atoms with Crippen molar-refractivity contribution in [1.29, 1.82) is 0 Å². The van der Waals surface area contributed by atoms with Gasteiger partial charge in [0.1, 0.15) is 6.10 Å². The van der Waals surface area contributed by atoms with Gasteiger partial charge in [0.2, 0.25) is 0 Å². The third kappa shape index (κ3) is 11.6. The first-order valence-corrected chi connectivity index (χ1v) is 8.74. The maximum atomic E-state index is 12.3. The standard InChI is InChI=1S/C12H26NO7P/c1-4-6-9-17-21(16,18-10-7-5-2)19-11-8-12(3)20-13(14)15/h12H,4-11H2,1-3H3. The molecule has 0 radical (unpaired) electrons. The minimum atomic E-state index is -3.59. The summed E-state index contributed by atoms with van der Waals surface area (Å²) in [5, 5.41) is 9.30. The maximum absolute atomic E-state index is 12.3. The normalized spacial score (nSPS) is 13.1. The highest BCUT2D eigenvalue weighted by Crippen LogP contribution is 2.49. The van der Waals surface area contributed by atoms with Gasteiger partial charge in [-0.1, -0.05) is 26.7 Å². The number of phosphoric ester groups is 1. The first-order valence-electron chi connectivity index (χ1n) is 7.28. The zero-order chi connectivity index (χ0) is 16.1. The van der Waals surface area contributed by atoms with E-state index in [1.54, 1.807) is 0 Å². The van der Waals surface area contributed by atoms with Gasteiger partial charge in [-0.05, 0) is 26.2 Å². The van der Waals surface area contributed by atoms with Crippen LogP contribution in [0.5, 0.6) is 0 Å². The Kier molecular flexibility index (Phi) is 11.5. The molecule has 0 aromatic rings. The van der Waals surface area contributed by atoms with E-state index < -0.39 is 19.0 Å². The Bertz CT molecular complexity index is 313. The average molecular weight is 327 g/mol. The fourth-order valence-corrected chi connectivity index (χ4v) is 2.54. The number of phosphoric acid groups is 1. The summed E-state index contributed by atoms with van der Waals surface area (Å²) in [5.41, 5.74) is 0. The van der Waals surface area contributed by atoms with Gasteiger partial charge in [0.05, 0.1) is 19.8 Å². The Labute approximate surface area is 125 Å². The Hall–Kier alpha value is -0.690. The molecule has 0 aliphatic rings. The number of hydrogen-bond donors (Lipinski definition) is 0. The summed E-state index contributed by atoms with van der Waals surface area (Å²) in [6, 6.07) is 0. The quantitative estimate of drug-likeness (QED) is 0.207. The van der Waals surface area contributed by atoms with Crippen LogP contribution in [0.1, 0.15) is 52.9 Å². The smallest absolute Gasteiger partial charge is 0.311 e. The van der Waals surface area contributed by atoms with Gasteiger partial charge in [-0.2, -0.15) is 0 Å². The molecule has 0 amide bonds. The Balaban J connectivity index is 4.18. The molecule has 0 saturated heterocycles. The second-order valence-corrected chi connectivity index (χ2v) is 6.25. The molecule has 9 heteroatoms. The van der Waals surface area contributed by atoms with Crippen molar-refractivity contribution in [2.45, 2.75) is 59.0 Å². The molecule has 0 aromatic carbocycles. The molecule has 1 atom stereocenters. The summed E-state index contributed by atoms with van der Waals surface area (Å²) in [6.45, 7) is 6.10. The van der Waals surface area contributed by atoms with Crippen LogP contribution in [0.4, 0.5) is 0 Å². The summed E-state index contributed by atoms with van der Waals surface area (Å²) in [7, 11) is -3.59. The van der Waals surface area contributed by atoms with E-state index in [0.29, 0.717) is 13.2 Å². The first kappa shape index (κ1) is 20.3. The molecule has 126 valence electrons. The molecule has 0 bridgehead atoms. The van der Waals surface area contributed by atoms with Crippen LogP contribution in [0.2, 0.25) is 0 Å². The second-order valence-electron chi connectivity index (χ2n) is 4.58. The van der Waals surface area contributed by atoms with E-state index in [2.05, 4.69) is 4.84 Å². The largest absolute Gasteiger partial charge is 0.474 e. The third-order valence-corrected chi connectivity index (χ3v) is 4.03. The number of unbranched alkanes of at least 4 members (excludes halogenated alkanes) is 2. The van der Waals surface area contributed by atoms with E-state index >= 15 is 0 Å². The van der Waals surface area contributed by atoms with Gasteiger partial charge in [0.25, 0.3) is 5.09 Å². The van der Waals surface area contributed by atoms with Crippen LogP contribution in [0.25, 0.3) is 0 Å². The van der Waals surface area contributed by atoms with Crippen LogP contribution in [0.3, 0.4) is 0 Å². The van der Waals surface area contributed by atoms with Crippen LogP contribution in [0, 0.1) is 10.1 Å². The maximum Gasteiger partial charge on any atom is 0.474 e. The van der Waals surface area contributed by atoms with Crippen molar-refractivity contribution in [1.82, 2.24) is 0 Å². The van der Waals surface area contributed by atoms with Crippen LogP contribution in [-0.4, -0.2) is 31.0 Å². The molecule has 21 heavy (non-hydrogen) atoms. The Morgan fingerprint density at radius 2 is 1.52 bits per heavy atom.